The molecule has 0 radical (unpaired) electrons. The highest BCUT2D eigenvalue weighted by atomic mass is 32.1. The van der Waals surface area contributed by atoms with Crippen LogP contribution in [0, 0.1) is 6.92 Å². The van der Waals surface area contributed by atoms with Gasteiger partial charge in [0.1, 0.15) is 0 Å². The second kappa shape index (κ2) is 6.51. The van der Waals surface area contributed by atoms with Gasteiger partial charge in [-0.1, -0.05) is 0 Å². The molecule has 1 unspecified atom stereocenters. The van der Waals surface area contributed by atoms with Gasteiger partial charge in [-0.25, -0.2) is 4.98 Å². The number of anilines is 1. The maximum Gasteiger partial charge on any atom is 0.227 e. The number of thiazole rings is 1. The van der Waals surface area contributed by atoms with Crippen molar-refractivity contribution in [3.63, 3.8) is 0 Å². The lowest BCUT2D eigenvalue weighted by Gasteiger charge is -2.39. The number of likely N-dealkylation sites (N-methyl/N-ethyl adjacent to an activating group) is 1. The molecule has 0 bridgehead atoms. The molecule has 0 aliphatic carbocycles. The molecule has 1 aromatic heterocycles. The van der Waals surface area contributed by atoms with Crippen molar-refractivity contribution in [3.05, 3.63) is 10.6 Å². The fourth-order valence-corrected chi connectivity index (χ4v) is 3.32. The van der Waals surface area contributed by atoms with E-state index >= 15 is 0 Å². The predicted molar refractivity (Wildman–Crippen MR) is 79.7 cm³/mol. The van der Waals surface area contributed by atoms with E-state index in [9.17, 15) is 4.79 Å². The summed E-state index contributed by atoms with van der Waals surface area (Å²) in [6.07, 6.45) is 1.07. The molecule has 1 atom stereocenters. The van der Waals surface area contributed by atoms with Gasteiger partial charge in [-0.15, -0.1) is 11.3 Å². The largest absolute Gasteiger partial charge is 0.396 e. The quantitative estimate of drug-likeness (QED) is 0.824. The molecule has 2 rings (SSSR count). The Morgan fingerprint density at radius 1 is 1.55 bits per heavy atom. The molecule has 1 saturated heterocycles. The zero-order chi connectivity index (χ0) is 14.7. The molecule has 6 nitrogen and oxygen atoms in total. The first-order chi connectivity index (χ1) is 9.51. The number of carbonyl (C=O) groups is 1. The first kappa shape index (κ1) is 15.2. The molecule has 1 aliphatic rings. The van der Waals surface area contributed by atoms with Crippen LogP contribution in [0.4, 0.5) is 5.13 Å². The summed E-state index contributed by atoms with van der Waals surface area (Å²) < 4.78 is 0. The zero-order valence-electron chi connectivity index (χ0n) is 12.0. The molecule has 1 aliphatic heterocycles. The van der Waals surface area contributed by atoms with Gasteiger partial charge in [-0.05, 0) is 20.4 Å². The summed E-state index contributed by atoms with van der Waals surface area (Å²) in [5, 5.41) is 9.60. The number of aliphatic hydroxyl groups excluding tert-OH is 1. The summed E-state index contributed by atoms with van der Waals surface area (Å²) in [4.78, 5) is 21.6. The average molecular weight is 298 g/mol. The second-order valence-electron chi connectivity index (χ2n) is 5.22. The van der Waals surface area contributed by atoms with E-state index in [2.05, 4.69) is 9.88 Å². The maximum absolute atomic E-state index is 12.4. The fourth-order valence-electron chi connectivity index (χ4n) is 2.50. The first-order valence-electron chi connectivity index (χ1n) is 6.82. The van der Waals surface area contributed by atoms with Gasteiger partial charge >= 0.3 is 0 Å². The van der Waals surface area contributed by atoms with Gasteiger partial charge in [-0.2, -0.15) is 0 Å². The van der Waals surface area contributed by atoms with Gasteiger partial charge in [0.15, 0.2) is 5.13 Å². The molecular weight excluding hydrogens is 276 g/mol. The third kappa shape index (κ3) is 3.47. The Kier molecular flexibility index (Phi) is 4.95. The van der Waals surface area contributed by atoms with Crippen LogP contribution < -0.4 is 5.73 Å². The number of hydrogen-bond donors (Lipinski definition) is 2. The lowest BCUT2D eigenvalue weighted by atomic mass is 10.1. The molecule has 0 spiro atoms. The van der Waals surface area contributed by atoms with E-state index in [0.29, 0.717) is 24.5 Å². The number of amides is 1. The Hall–Kier alpha value is -1.18. The van der Waals surface area contributed by atoms with Crippen molar-refractivity contribution < 1.29 is 9.90 Å². The number of nitrogens with zero attached hydrogens (tertiary/aromatic N) is 3. The Labute approximate surface area is 123 Å². The van der Waals surface area contributed by atoms with Crippen LogP contribution in [-0.4, -0.2) is 65.1 Å². The van der Waals surface area contributed by atoms with E-state index in [4.69, 9.17) is 10.8 Å². The standard InChI is InChI=1S/C13H22N4O2S/c1-9-11(20-13(14)15-9)7-12(19)17-5-4-16(2)10(8-17)3-6-18/h10,18H,3-8H2,1-2H3,(H2,14,15). The molecule has 0 aromatic carbocycles. The molecule has 7 heteroatoms. The number of piperazine rings is 1. The van der Waals surface area contributed by atoms with E-state index in [1.54, 1.807) is 0 Å². The third-order valence-corrected chi connectivity index (χ3v) is 4.80. The number of aryl methyl sites for hydroxylation is 1. The highest BCUT2D eigenvalue weighted by Crippen LogP contribution is 2.21. The van der Waals surface area contributed by atoms with E-state index in [1.807, 2.05) is 18.9 Å². The molecular formula is C13H22N4O2S. The fraction of sp³-hybridized carbons (Fsp3) is 0.692. The van der Waals surface area contributed by atoms with Gasteiger partial charge < -0.3 is 15.7 Å². The SMILES string of the molecule is Cc1nc(N)sc1CC(=O)N1CCN(C)C(CCO)C1. The monoisotopic (exact) mass is 298 g/mol. The lowest BCUT2D eigenvalue weighted by Crippen LogP contribution is -2.53. The Morgan fingerprint density at radius 2 is 2.30 bits per heavy atom. The third-order valence-electron chi connectivity index (χ3n) is 3.81. The Balaban J connectivity index is 1.97. The summed E-state index contributed by atoms with van der Waals surface area (Å²) in [7, 11) is 2.04. The second-order valence-corrected chi connectivity index (χ2v) is 6.34. The molecule has 20 heavy (non-hydrogen) atoms. The summed E-state index contributed by atoms with van der Waals surface area (Å²) >= 11 is 1.39. The minimum absolute atomic E-state index is 0.118. The van der Waals surface area contributed by atoms with Crippen LogP contribution in [0.5, 0.6) is 0 Å². The van der Waals surface area contributed by atoms with Crippen molar-refractivity contribution in [1.29, 1.82) is 0 Å². The van der Waals surface area contributed by atoms with Crippen LogP contribution >= 0.6 is 11.3 Å². The van der Waals surface area contributed by atoms with E-state index in [1.165, 1.54) is 11.3 Å². The van der Waals surface area contributed by atoms with Gasteiger partial charge in [0, 0.05) is 37.2 Å². The molecule has 2 heterocycles. The van der Waals surface area contributed by atoms with Crippen molar-refractivity contribution in [3.8, 4) is 0 Å². The van der Waals surface area contributed by atoms with Crippen LogP contribution in [0.15, 0.2) is 0 Å². The minimum atomic E-state index is 0.118. The van der Waals surface area contributed by atoms with Crippen LogP contribution in [-0.2, 0) is 11.2 Å². The molecule has 1 amide bonds. The van der Waals surface area contributed by atoms with Crippen molar-refractivity contribution >= 4 is 22.4 Å². The van der Waals surface area contributed by atoms with Crippen LogP contribution in [0.25, 0.3) is 0 Å². The van der Waals surface area contributed by atoms with Gasteiger partial charge in [0.25, 0.3) is 0 Å². The summed E-state index contributed by atoms with van der Waals surface area (Å²) in [6, 6.07) is 0.241. The molecule has 0 saturated carbocycles. The number of rotatable bonds is 4. The van der Waals surface area contributed by atoms with Crippen molar-refractivity contribution in [1.82, 2.24) is 14.8 Å². The molecule has 1 aromatic rings. The van der Waals surface area contributed by atoms with Gasteiger partial charge in [-0.3, -0.25) is 9.69 Å². The van der Waals surface area contributed by atoms with Gasteiger partial charge in [0.2, 0.25) is 5.91 Å². The van der Waals surface area contributed by atoms with Crippen LogP contribution in [0.1, 0.15) is 17.0 Å². The highest BCUT2D eigenvalue weighted by molar-refractivity contribution is 7.15. The number of carbonyl (C=O) groups excluding carboxylic acids is 1. The van der Waals surface area contributed by atoms with Crippen LogP contribution in [0.2, 0.25) is 0 Å². The summed E-state index contributed by atoms with van der Waals surface area (Å²) in [5.74, 6) is 0.118. The number of nitrogens with two attached hydrogens (primary N) is 1. The van der Waals surface area contributed by atoms with Gasteiger partial charge in [0.05, 0.1) is 12.1 Å². The Bertz CT molecular complexity index is 477. The van der Waals surface area contributed by atoms with E-state index < -0.39 is 0 Å². The minimum Gasteiger partial charge on any atom is -0.396 e. The Morgan fingerprint density at radius 3 is 2.90 bits per heavy atom. The normalized spacial score (nSPS) is 20.4. The number of aliphatic hydroxyl groups is 1. The van der Waals surface area contributed by atoms with Crippen LogP contribution in [0.3, 0.4) is 0 Å². The zero-order valence-corrected chi connectivity index (χ0v) is 12.8. The predicted octanol–water partition coefficient (Wildman–Crippen LogP) is 0.101. The molecule has 1 fully saturated rings. The maximum atomic E-state index is 12.4. The lowest BCUT2D eigenvalue weighted by molar-refractivity contribution is -0.133. The molecule has 112 valence electrons. The smallest absolute Gasteiger partial charge is 0.227 e. The topological polar surface area (TPSA) is 82.7 Å². The summed E-state index contributed by atoms with van der Waals surface area (Å²) in [5.41, 5.74) is 6.51. The highest BCUT2D eigenvalue weighted by Gasteiger charge is 2.27. The van der Waals surface area contributed by atoms with Crippen molar-refractivity contribution in [2.45, 2.75) is 25.8 Å². The summed E-state index contributed by atoms with van der Waals surface area (Å²) in [6.45, 7) is 4.31. The molecule has 3 N–H and O–H groups in total. The number of nitrogen functional groups attached to an aromatic ring is 1. The van der Waals surface area contributed by atoms with Crippen molar-refractivity contribution in [2.75, 3.05) is 39.0 Å². The first-order valence-corrected chi connectivity index (χ1v) is 7.63. The number of hydrogen-bond acceptors (Lipinski definition) is 6. The van der Waals surface area contributed by atoms with Crippen molar-refractivity contribution in [2.24, 2.45) is 0 Å². The van der Waals surface area contributed by atoms with E-state index in [-0.39, 0.29) is 18.6 Å². The number of aromatic nitrogens is 1. The van der Waals surface area contributed by atoms with E-state index in [0.717, 1.165) is 23.7 Å². The average Bonchev–Trinajstić information content (AvgIpc) is 2.70.